The molecule has 1 amide bonds. The van der Waals surface area contributed by atoms with Crippen molar-refractivity contribution in [3.63, 3.8) is 0 Å². The van der Waals surface area contributed by atoms with Crippen molar-refractivity contribution < 1.29 is 4.79 Å². The summed E-state index contributed by atoms with van der Waals surface area (Å²) >= 11 is 1.78. The van der Waals surface area contributed by atoms with Gasteiger partial charge in [-0.2, -0.15) is 0 Å². The highest BCUT2D eigenvalue weighted by Crippen LogP contribution is 2.27. The number of hydrogen-bond acceptors (Lipinski definition) is 3. The molecule has 1 N–H and O–H groups in total. The maximum atomic E-state index is 12.3. The molecular formula is C15H24N2OS. The summed E-state index contributed by atoms with van der Waals surface area (Å²) in [7, 11) is 1.93. The predicted molar refractivity (Wildman–Crippen MR) is 80.5 cm³/mol. The summed E-state index contributed by atoms with van der Waals surface area (Å²) in [5.74, 6) is 0.846. The van der Waals surface area contributed by atoms with Gasteiger partial charge in [-0.25, -0.2) is 0 Å². The van der Waals surface area contributed by atoms with E-state index in [-0.39, 0.29) is 11.9 Å². The SMILES string of the molecule is Cc1ccc(C(C)N(C)C(=O)CC2CCNCC2)s1. The maximum Gasteiger partial charge on any atom is 0.223 e. The van der Waals surface area contributed by atoms with Crippen LogP contribution in [-0.4, -0.2) is 30.9 Å². The second kappa shape index (κ2) is 6.53. The standard InChI is InChI=1S/C15H24N2OS/c1-11-4-5-14(19-11)12(2)17(3)15(18)10-13-6-8-16-9-7-13/h4-5,12-13,16H,6-10H2,1-3H3. The Balaban J connectivity index is 1.90. The highest BCUT2D eigenvalue weighted by atomic mass is 32.1. The molecule has 0 aliphatic carbocycles. The minimum atomic E-state index is 0.188. The number of nitrogens with one attached hydrogen (secondary N) is 1. The van der Waals surface area contributed by atoms with E-state index in [0.717, 1.165) is 25.9 Å². The fraction of sp³-hybridized carbons (Fsp3) is 0.667. The van der Waals surface area contributed by atoms with Crippen molar-refractivity contribution in [3.05, 3.63) is 21.9 Å². The molecular weight excluding hydrogens is 256 g/mol. The van der Waals surface area contributed by atoms with E-state index in [1.807, 2.05) is 11.9 Å². The van der Waals surface area contributed by atoms with E-state index in [9.17, 15) is 4.79 Å². The first-order valence-electron chi connectivity index (χ1n) is 7.10. The summed E-state index contributed by atoms with van der Waals surface area (Å²) < 4.78 is 0. The van der Waals surface area contributed by atoms with E-state index < -0.39 is 0 Å². The molecule has 1 aromatic heterocycles. The summed E-state index contributed by atoms with van der Waals surface area (Å²) in [5, 5.41) is 3.35. The van der Waals surface area contributed by atoms with Gasteiger partial charge in [0.25, 0.3) is 0 Å². The first-order chi connectivity index (χ1) is 9.08. The molecule has 0 radical (unpaired) electrons. The topological polar surface area (TPSA) is 32.3 Å². The van der Waals surface area contributed by atoms with Crippen LogP contribution >= 0.6 is 11.3 Å². The summed E-state index contributed by atoms with van der Waals surface area (Å²) in [5.41, 5.74) is 0. The molecule has 106 valence electrons. The highest BCUT2D eigenvalue weighted by Gasteiger charge is 2.22. The Kier molecular flexibility index (Phi) is 4.99. The van der Waals surface area contributed by atoms with Gasteiger partial charge in [-0.3, -0.25) is 4.79 Å². The number of thiophene rings is 1. The molecule has 2 heterocycles. The molecule has 1 unspecified atom stereocenters. The minimum Gasteiger partial charge on any atom is -0.338 e. The molecule has 0 aromatic carbocycles. The van der Waals surface area contributed by atoms with Crippen LogP contribution in [-0.2, 0) is 4.79 Å². The summed E-state index contributed by atoms with van der Waals surface area (Å²) in [6.07, 6.45) is 2.96. The second-order valence-electron chi connectivity index (χ2n) is 5.53. The van der Waals surface area contributed by atoms with Gasteiger partial charge < -0.3 is 10.2 Å². The molecule has 19 heavy (non-hydrogen) atoms. The molecule has 1 aliphatic rings. The lowest BCUT2D eigenvalue weighted by atomic mass is 9.94. The lowest BCUT2D eigenvalue weighted by molar-refractivity contribution is -0.132. The maximum absolute atomic E-state index is 12.3. The van der Waals surface area contributed by atoms with E-state index in [2.05, 4.69) is 31.3 Å². The van der Waals surface area contributed by atoms with Crippen LogP contribution in [0.4, 0.5) is 0 Å². The molecule has 1 aliphatic heterocycles. The van der Waals surface area contributed by atoms with Crippen LogP contribution in [0, 0.1) is 12.8 Å². The zero-order valence-electron chi connectivity index (χ0n) is 12.1. The van der Waals surface area contributed by atoms with Crippen LogP contribution in [0.1, 0.15) is 42.0 Å². The number of carbonyl (C=O) groups is 1. The first-order valence-corrected chi connectivity index (χ1v) is 7.92. The summed E-state index contributed by atoms with van der Waals surface area (Å²) in [6.45, 7) is 6.34. The fourth-order valence-corrected chi connectivity index (χ4v) is 3.53. The Morgan fingerprint density at radius 1 is 1.47 bits per heavy atom. The molecule has 0 spiro atoms. The number of rotatable bonds is 4. The Morgan fingerprint density at radius 3 is 2.74 bits per heavy atom. The molecule has 0 saturated carbocycles. The van der Waals surface area contributed by atoms with Crippen molar-refractivity contribution in [2.24, 2.45) is 5.92 Å². The van der Waals surface area contributed by atoms with E-state index in [4.69, 9.17) is 0 Å². The van der Waals surface area contributed by atoms with Gasteiger partial charge in [0.2, 0.25) is 5.91 Å². The van der Waals surface area contributed by atoms with Gasteiger partial charge in [0.1, 0.15) is 0 Å². The van der Waals surface area contributed by atoms with Crippen LogP contribution in [0.3, 0.4) is 0 Å². The van der Waals surface area contributed by atoms with Crippen molar-refractivity contribution in [2.75, 3.05) is 20.1 Å². The number of aryl methyl sites for hydroxylation is 1. The van der Waals surface area contributed by atoms with Crippen LogP contribution in [0.25, 0.3) is 0 Å². The average Bonchev–Trinajstić information content (AvgIpc) is 2.85. The average molecular weight is 280 g/mol. The molecule has 2 rings (SSSR count). The summed E-state index contributed by atoms with van der Waals surface area (Å²) in [6, 6.07) is 4.45. The molecule has 1 atom stereocenters. The van der Waals surface area contributed by atoms with Gasteiger partial charge in [0.05, 0.1) is 6.04 Å². The lowest BCUT2D eigenvalue weighted by Crippen LogP contribution is -2.34. The number of nitrogens with zero attached hydrogens (tertiary/aromatic N) is 1. The number of hydrogen-bond donors (Lipinski definition) is 1. The molecule has 1 fully saturated rings. The van der Waals surface area contributed by atoms with Crippen LogP contribution in [0.5, 0.6) is 0 Å². The van der Waals surface area contributed by atoms with Gasteiger partial charge in [-0.05, 0) is 57.8 Å². The van der Waals surface area contributed by atoms with Gasteiger partial charge >= 0.3 is 0 Å². The van der Waals surface area contributed by atoms with Crippen molar-refractivity contribution in [2.45, 2.75) is 39.2 Å². The zero-order valence-corrected chi connectivity index (χ0v) is 12.9. The van der Waals surface area contributed by atoms with Crippen LogP contribution < -0.4 is 5.32 Å². The Labute approximate surface area is 120 Å². The summed E-state index contributed by atoms with van der Waals surface area (Å²) in [4.78, 5) is 16.8. The van der Waals surface area contributed by atoms with Crippen molar-refractivity contribution in [1.29, 1.82) is 0 Å². The number of carbonyl (C=O) groups excluding carboxylic acids is 1. The minimum absolute atomic E-state index is 0.188. The number of piperidine rings is 1. The zero-order chi connectivity index (χ0) is 13.8. The quantitative estimate of drug-likeness (QED) is 0.919. The van der Waals surface area contributed by atoms with Gasteiger partial charge in [0.15, 0.2) is 0 Å². The molecule has 3 nitrogen and oxygen atoms in total. The smallest absolute Gasteiger partial charge is 0.223 e. The Bertz CT molecular complexity index is 424. The Morgan fingerprint density at radius 2 is 2.16 bits per heavy atom. The third-order valence-electron chi connectivity index (χ3n) is 4.07. The molecule has 1 aromatic rings. The van der Waals surface area contributed by atoms with Crippen molar-refractivity contribution in [1.82, 2.24) is 10.2 Å². The van der Waals surface area contributed by atoms with Crippen molar-refractivity contribution >= 4 is 17.2 Å². The van der Waals surface area contributed by atoms with Gasteiger partial charge in [0, 0.05) is 23.2 Å². The van der Waals surface area contributed by atoms with E-state index >= 15 is 0 Å². The predicted octanol–water partition coefficient (Wildman–Crippen LogP) is 2.97. The first kappa shape index (κ1) is 14.5. The molecule has 4 heteroatoms. The third kappa shape index (κ3) is 3.80. The Hall–Kier alpha value is -0.870. The molecule has 1 saturated heterocycles. The van der Waals surface area contributed by atoms with Crippen LogP contribution in [0.2, 0.25) is 0 Å². The van der Waals surface area contributed by atoms with E-state index in [1.54, 1.807) is 11.3 Å². The van der Waals surface area contributed by atoms with Gasteiger partial charge in [-0.1, -0.05) is 0 Å². The second-order valence-corrected chi connectivity index (χ2v) is 6.85. The number of amides is 1. The largest absolute Gasteiger partial charge is 0.338 e. The van der Waals surface area contributed by atoms with E-state index in [0.29, 0.717) is 12.3 Å². The normalized spacial score (nSPS) is 18.3. The fourth-order valence-electron chi connectivity index (χ4n) is 2.56. The van der Waals surface area contributed by atoms with Crippen molar-refractivity contribution in [3.8, 4) is 0 Å². The van der Waals surface area contributed by atoms with E-state index in [1.165, 1.54) is 9.75 Å². The van der Waals surface area contributed by atoms with Crippen LogP contribution in [0.15, 0.2) is 12.1 Å². The monoisotopic (exact) mass is 280 g/mol. The third-order valence-corrected chi connectivity index (χ3v) is 5.24. The highest BCUT2D eigenvalue weighted by molar-refractivity contribution is 7.12. The molecule has 0 bridgehead atoms. The lowest BCUT2D eigenvalue weighted by Gasteiger charge is -2.28. The van der Waals surface area contributed by atoms with Gasteiger partial charge in [-0.15, -0.1) is 11.3 Å².